The lowest BCUT2D eigenvalue weighted by molar-refractivity contribution is -0.384. The zero-order chi connectivity index (χ0) is 18.2. The molecule has 0 saturated carbocycles. The molecule has 0 spiro atoms. The summed E-state index contributed by atoms with van der Waals surface area (Å²) < 4.78 is 1.22. The molecule has 0 aliphatic carbocycles. The number of nitrogens with one attached hydrogen (secondary N) is 2. The maximum absolute atomic E-state index is 11.8. The van der Waals surface area contributed by atoms with Crippen molar-refractivity contribution in [3.05, 3.63) is 46.6 Å². The van der Waals surface area contributed by atoms with E-state index in [1.54, 1.807) is 12.1 Å². The molecule has 1 aromatic carbocycles. The minimum absolute atomic E-state index is 0.0206. The Bertz CT molecular complexity index is 756. The number of nitro groups is 1. The van der Waals surface area contributed by atoms with Crippen molar-refractivity contribution in [1.29, 1.82) is 0 Å². The van der Waals surface area contributed by atoms with Gasteiger partial charge in [0.15, 0.2) is 5.82 Å². The molecule has 0 atom stereocenters. The summed E-state index contributed by atoms with van der Waals surface area (Å²) in [4.78, 5) is 32.4. The highest BCUT2D eigenvalue weighted by atomic mass is 16.6. The summed E-state index contributed by atoms with van der Waals surface area (Å²) in [6, 6.07) is 7.54. The first-order valence-corrected chi connectivity index (χ1v) is 7.47. The third-order valence-electron chi connectivity index (χ3n) is 3.19. The normalized spacial score (nSPS) is 10.2. The van der Waals surface area contributed by atoms with Crippen molar-refractivity contribution in [2.45, 2.75) is 19.4 Å². The van der Waals surface area contributed by atoms with Crippen molar-refractivity contribution in [3.63, 3.8) is 0 Å². The summed E-state index contributed by atoms with van der Waals surface area (Å²) >= 11 is 0. The first-order valence-electron chi connectivity index (χ1n) is 7.47. The number of carboxylic acids is 1. The number of rotatable bonds is 9. The molecule has 25 heavy (non-hydrogen) atoms. The summed E-state index contributed by atoms with van der Waals surface area (Å²) in [5.41, 5.74) is 0.755. The van der Waals surface area contributed by atoms with Gasteiger partial charge in [0, 0.05) is 43.0 Å². The van der Waals surface area contributed by atoms with Crippen LogP contribution in [0.25, 0.3) is 0 Å². The van der Waals surface area contributed by atoms with E-state index in [1.807, 2.05) is 0 Å². The van der Waals surface area contributed by atoms with Gasteiger partial charge in [0.05, 0.1) is 4.92 Å². The maximum atomic E-state index is 11.8. The molecule has 0 aliphatic rings. The Morgan fingerprint density at radius 1 is 1.24 bits per heavy atom. The average Bonchev–Trinajstić information content (AvgIpc) is 2.98. The van der Waals surface area contributed by atoms with Crippen molar-refractivity contribution < 1.29 is 19.6 Å². The van der Waals surface area contributed by atoms with Gasteiger partial charge in [0.1, 0.15) is 6.54 Å². The Balaban J connectivity index is 1.69. The van der Waals surface area contributed by atoms with Crippen LogP contribution in [0.4, 0.5) is 17.2 Å². The number of hydrogen-bond acceptors (Lipinski definition) is 6. The lowest BCUT2D eigenvalue weighted by Crippen LogP contribution is -2.15. The van der Waals surface area contributed by atoms with E-state index in [-0.39, 0.29) is 24.6 Å². The summed E-state index contributed by atoms with van der Waals surface area (Å²) in [7, 11) is 0. The molecule has 0 saturated heterocycles. The quantitative estimate of drug-likeness (QED) is 0.356. The number of non-ortho nitro benzene ring substituents is 1. The number of carboxylic acid groups (broad SMARTS) is 1. The van der Waals surface area contributed by atoms with E-state index in [9.17, 15) is 19.7 Å². The first kappa shape index (κ1) is 17.9. The molecule has 10 heteroatoms. The summed E-state index contributed by atoms with van der Waals surface area (Å²) in [6.07, 6.45) is 2.28. The van der Waals surface area contributed by atoms with Gasteiger partial charge in [0.25, 0.3) is 5.69 Å². The van der Waals surface area contributed by atoms with E-state index < -0.39 is 10.9 Å². The molecule has 2 aromatic rings. The van der Waals surface area contributed by atoms with Crippen molar-refractivity contribution in [1.82, 2.24) is 9.78 Å². The van der Waals surface area contributed by atoms with E-state index in [4.69, 9.17) is 5.11 Å². The lowest BCUT2D eigenvalue weighted by Gasteiger charge is -2.06. The standard InChI is InChI=1S/C15H17N5O5/c21-14(17-13-7-9-19(18-13)10-15(22)23)2-1-8-16-11-3-5-12(6-4-11)20(24)25/h3-7,9,16H,1-2,8,10H2,(H,22,23)(H,17,18,21). The molecule has 0 fully saturated rings. The summed E-state index contributed by atoms with van der Waals surface area (Å²) in [5, 5.41) is 28.8. The lowest BCUT2D eigenvalue weighted by atomic mass is 10.2. The van der Waals surface area contributed by atoms with Crippen molar-refractivity contribution in [2.75, 3.05) is 17.2 Å². The molecule has 132 valence electrons. The van der Waals surface area contributed by atoms with E-state index in [0.717, 1.165) is 5.69 Å². The minimum atomic E-state index is -1.02. The van der Waals surface area contributed by atoms with E-state index in [1.165, 1.54) is 29.1 Å². The number of nitro benzene ring substituents is 1. The summed E-state index contributed by atoms with van der Waals surface area (Å²) in [5.74, 6) is -0.945. The van der Waals surface area contributed by atoms with Crippen molar-refractivity contribution >= 4 is 29.1 Å². The highest BCUT2D eigenvalue weighted by Crippen LogP contribution is 2.15. The number of aromatic nitrogens is 2. The smallest absolute Gasteiger partial charge is 0.325 e. The number of nitrogens with zero attached hydrogens (tertiary/aromatic N) is 3. The molecule has 0 bridgehead atoms. The van der Waals surface area contributed by atoms with Crippen molar-refractivity contribution in [2.24, 2.45) is 0 Å². The highest BCUT2D eigenvalue weighted by molar-refractivity contribution is 5.89. The molecule has 0 radical (unpaired) electrons. The second-order valence-corrected chi connectivity index (χ2v) is 5.17. The average molecular weight is 347 g/mol. The number of hydrogen-bond donors (Lipinski definition) is 3. The molecule has 3 N–H and O–H groups in total. The molecule has 10 nitrogen and oxygen atoms in total. The monoisotopic (exact) mass is 347 g/mol. The molecule has 1 aromatic heterocycles. The SMILES string of the molecule is O=C(O)Cn1ccc(NC(=O)CCCNc2ccc([N+](=O)[O-])cc2)n1. The Labute approximate surface area is 142 Å². The van der Waals surface area contributed by atoms with Crippen LogP contribution < -0.4 is 10.6 Å². The molecule has 1 heterocycles. The van der Waals surface area contributed by atoms with Crippen LogP contribution in [0.2, 0.25) is 0 Å². The Kier molecular flexibility index (Phi) is 6.04. The zero-order valence-corrected chi connectivity index (χ0v) is 13.2. The predicted molar refractivity (Wildman–Crippen MR) is 89.3 cm³/mol. The second-order valence-electron chi connectivity index (χ2n) is 5.17. The van der Waals surface area contributed by atoms with E-state index >= 15 is 0 Å². The van der Waals surface area contributed by atoms with Gasteiger partial charge in [0.2, 0.25) is 5.91 Å². The zero-order valence-electron chi connectivity index (χ0n) is 13.2. The second kappa shape index (κ2) is 8.43. The fourth-order valence-corrected chi connectivity index (χ4v) is 2.04. The fraction of sp³-hybridized carbons (Fsp3) is 0.267. The van der Waals surface area contributed by atoms with Gasteiger partial charge in [-0.15, -0.1) is 0 Å². The molecular weight excluding hydrogens is 330 g/mol. The van der Waals surface area contributed by atoms with Crippen LogP contribution in [0, 0.1) is 10.1 Å². The third kappa shape index (κ3) is 5.94. The summed E-state index contributed by atoms with van der Waals surface area (Å²) in [6.45, 7) is 0.258. The largest absolute Gasteiger partial charge is 0.480 e. The molecule has 0 aliphatic heterocycles. The number of amides is 1. The molecule has 0 unspecified atom stereocenters. The molecule has 2 rings (SSSR count). The Morgan fingerprint density at radius 2 is 1.96 bits per heavy atom. The van der Waals surface area contributed by atoms with Gasteiger partial charge in [-0.1, -0.05) is 0 Å². The van der Waals surface area contributed by atoms with Crippen LogP contribution in [0.3, 0.4) is 0 Å². The van der Waals surface area contributed by atoms with Gasteiger partial charge in [-0.25, -0.2) is 0 Å². The minimum Gasteiger partial charge on any atom is -0.480 e. The molecule has 1 amide bonds. The number of carbonyl (C=O) groups excluding carboxylic acids is 1. The number of anilines is 2. The number of aliphatic carboxylic acids is 1. The van der Waals surface area contributed by atoms with E-state index in [2.05, 4.69) is 15.7 Å². The van der Waals surface area contributed by atoms with Crippen LogP contribution in [0.15, 0.2) is 36.5 Å². The Morgan fingerprint density at radius 3 is 2.60 bits per heavy atom. The van der Waals surface area contributed by atoms with Crippen LogP contribution >= 0.6 is 0 Å². The first-order chi connectivity index (χ1) is 11.9. The highest BCUT2D eigenvalue weighted by Gasteiger charge is 2.07. The van der Waals surface area contributed by atoms with Gasteiger partial charge in [-0.05, 0) is 18.6 Å². The maximum Gasteiger partial charge on any atom is 0.325 e. The van der Waals surface area contributed by atoms with Crippen molar-refractivity contribution in [3.8, 4) is 0 Å². The Hall–Kier alpha value is -3.43. The van der Waals surface area contributed by atoms with Gasteiger partial charge < -0.3 is 15.7 Å². The van der Waals surface area contributed by atoms with Crippen LogP contribution in [-0.2, 0) is 16.1 Å². The fourth-order valence-electron chi connectivity index (χ4n) is 2.04. The predicted octanol–water partition coefficient (Wildman–Crippen LogP) is 1.71. The van der Waals surface area contributed by atoms with Gasteiger partial charge in [-0.3, -0.25) is 24.4 Å². The van der Waals surface area contributed by atoms with Crippen LogP contribution in [-0.4, -0.2) is 38.2 Å². The van der Waals surface area contributed by atoms with Gasteiger partial charge in [-0.2, -0.15) is 5.10 Å². The number of carbonyl (C=O) groups is 2. The van der Waals surface area contributed by atoms with Gasteiger partial charge >= 0.3 is 5.97 Å². The van der Waals surface area contributed by atoms with E-state index in [0.29, 0.717) is 18.8 Å². The number of benzene rings is 1. The van der Waals surface area contributed by atoms with Crippen LogP contribution in [0.5, 0.6) is 0 Å². The molecular formula is C15H17N5O5. The topological polar surface area (TPSA) is 139 Å². The van der Waals surface area contributed by atoms with Crippen LogP contribution in [0.1, 0.15) is 12.8 Å². The third-order valence-corrected chi connectivity index (χ3v) is 3.19.